The molecule has 0 saturated carbocycles. The molecule has 26 heavy (non-hydrogen) atoms. The summed E-state index contributed by atoms with van der Waals surface area (Å²) >= 11 is 9.95. The van der Waals surface area contributed by atoms with E-state index in [0.29, 0.717) is 28.2 Å². The SMILES string of the molecule is CCCOC(=O)CCN1C(=O)/C(=C/c2cc(Br)ccc2OCC)SC1=S. The van der Waals surface area contributed by atoms with Crippen LogP contribution in [0.2, 0.25) is 0 Å². The molecule has 5 nitrogen and oxygen atoms in total. The zero-order chi connectivity index (χ0) is 19.1. The van der Waals surface area contributed by atoms with E-state index in [1.165, 1.54) is 16.7 Å². The van der Waals surface area contributed by atoms with Gasteiger partial charge in [0.05, 0.1) is 24.5 Å². The van der Waals surface area contributed by atoms with Crippen LogP contribution in [0.3, 0.4) is 0 Å². The minimum absolute atomic E-state index is 0.126. The van der Waals surface area contributed by atoms with Gasteiger partial charge >= 0.3 is 5.97 Å². The van der Waals surface area contributed by atoms with E-state index in [0.717, 1.165) is 16.5 Å². The Labute approximate surface area is 171 Å². The third kappa shape index (κ3) is 5.56. The van der Waals surface area contributed by atoms with E-state index in [1.54, 1.807) is 6.08 Å². The number of nitrogens with zero attached hydrogens (tertiary/aromatic N) is 1. The predicted molar refractivity (Wildman–Crippen MR) is 111 cm³/mol. The Morgan fingerprint density at radius 1 is 1.38 bits per heavy atom. The lowest BCUT2D eigenvalue weighted by atomic mass is 10.2. The van der Waals surface area contributed by atoms with Crippen molar-refractivity contribution in [1.82, 2.24) is 4.90 Å². The lowest BCUT2D eigenvalue weighted by Crippen LogP contribution is -2.30. The van der Waals surface area contributed by atoms with E-state index >= 15 is 0 Å². The summed E-state index contributed by atoms with van der Waals surface area (Å²) < 4.78 is 12.0. The molecule has 1 aromatic carbocycles. The minimum Gasteiger partial charge on any atom is -0.493 e. The average Bonchev–Trinajstić information content (AvgIpc) is 2.87. The fourth-order valence-electron chi connectivity index (χ4n) is 2.24. The minimum atomic E-state index is -0.324. The standard InChI is InChI=1S/C18H20BrNO4S2/c1-3-9-24-16(21)7-8-20-17(22)15(26-18(20)25)11-12-10-13(19)5-6-14(12)23-4-2/h5-6,10-11H,3-4,7-9H2,1-2H3/b15-11-. The number of carbonyl (C=O) groups is 2. The van der Waals surface area contributed by atoms with Crippen LogP contribution in [0.4, 0.5) is 0 Å². The highest BCUT2D eigenvalue weighted by Gasteiger charge is 2.32. The highest BCUT2D eigenvalue weighted by atomic mass is 79.9. The fourth-order valence-corrected chi connectivity index (χ4v) is 3.92. The topological polar surface area (TPSA) is 55.8 Å². The largest absolute Gasteiger partial charge is 0.493 e. The molecule has 0 aliphatic carbocycles. The number of thiocarbonyl (C=S) groups is 1. The van der Waals surface area contributed by atoms with E-state index in [4.69, 9.17) is 21.7 Å². The number of hydrogen-bond donors (Lipinski definition) is 0. The molecule has 1 aliphatic rings. The van der Waals surface area contributed by atoms with Gasteiger partial charge in [-0.3, -0.25) is 14.5 Å². The molecule has 1 saturated heterocycles. The smallest absolute Gasteiger partial charge is 0.307 e. The maximum atomic E-state index is 12.6. The molecule has 0 N–H and O–H groups in total. The van der Waals surface area contributed by atoms with Crippen LogP contribution in [0.5, 0.6) is 5.75 Å². The lowest BCUT2D eigenvalue weighted by molar-refractivity contribution is -0.143. The highest BCUT2D eigenvalue weighted by molar-refractivity contribution is 9.10. The number of rotatable bonds is 8. The van der Waals surface area contributed by atoms with Gasteiger partial charge in [-0.15, -0.1) is 0 Å². The van der Waals surface area contributed by atoms with Gasteiger partial charge in [0, 0.05) is 16.6 Å². The van der Waals surface area contributed by atoms with Crippen LogP contribution in [0.25, 0.3) is 6.08 Å². The molecule has 0 atom stereocenters. The van der Waals surface area contributed by atoms with Crippen molar-refractivity contribution in [3.63, 3.8) is 0 Å². The molecule has 0 aromatic heterocycles. The lowest BCUT2D eigenvalue weighted by Gasteiger charge is -2.13. The zero-order valence-corrected chi connectivity index (χ0v) is 17.8. The Bertz CT molecular complexity index is 736. The summed E-state index contributed by atoms with van der Waals surface area (Å²) in [6.45, 7) is 4.98. The van der Waals surface area contributed by atoms with Crippen LogP contribution < -0.4 is 4.74 Å². The molecule has 0 bridgehead atoms. The molecular formula is C18H20BrNO4S2. The summed E-state index contributed by atoms with van der Waals surface area (Å²) in [4.78, 5) is 26.2. The Hall–Kier alpha value is -1.38. The Morgan fingerprint density at radius 2 is 2.15 bits per heavy atom. The third-order valence-electron chi connectivity index (χ3n) is 3.44. The van der Waals surface area contributed by atoms with Gasteiger partial charge in [0.25, 0.3) is 5.91 Å². The number of carbonyl (C=O) groups excluding carboxylic acids is 2. The first-order valence-electron chi connectivity index (χ1n) is 8.29. The van der Waals surface area contributed by atoms with Gasteiger partial charge < -0.3 is 9.47 Å². The first kappa shape index (κ1) is 20.9. The van der Waals surface area contributed by atoms with E-state index in [1.807, 2.05) is 32.0 Å². The van der Waals surface area contributed by atoms with Crippen LogP contribution in [0.15, 0.2) is 27.6 Å². The second kappa shape index (κ2) is 10.1. The second-order valence-corrected chi connectivity index (χ2v) is 8.01. The number of hydrogen-bond acceptors (Lipinski definition) is 6. The Kier molecular flexibility index (Phi) is 8.12. The molecule has 0 spiro atoms. The van der Waals surface area contributed by atoms with Crippen molar-refractivity contribution in [2.24, 2.45) is 0 Å². The molecule has 140 valence electrons. The molecule has 8 heteroatoms. The van der Waals surface area contributed by atoms with Crippen molar-refractivity contribution in [3.05, 3.63) is 33.1 Å². The summed E-state index contributed by atoms with van der Waals surface area (Å²) in [5.74, 6) is 0.172. The molecule has 1 heterocycles. The first-order chi connectivity index (χ1) is 12.5. The molecule has 2 rings (SSSR count). The number of amides is 1. The number of benzene rings is 1. The van der Waals surface area contributed by atoms with Crippen molar-refractivity contribution in [2.45, 2.75) is 26.7 Å². The average molecular weight is 458 g/mol. The fraction of sp³-hybridized carbons (Fsp3) is 0.389. The maximum absolute atomic E-state index is 12.6. The Morgan fingerprint density at radius 3 is 2.85 bits per heavy atom. The summed E-state index contributed by atoms with van der Waals surface area (Å²) in [6, 6.07) is 5.62. The van der Waals surface area contributed by atoms with Crippen molar-refractivity contribution in [1.29, 1.82) is 0 Å². The maximum Gasteiger partial charge on any atom is 0.307 e. The summed E-state index contributed by atoms with van der Waals surface area (Å²) in [7, 11) is 0. The number of halogens is 1. The summed E-state index contributed by atoms with van der Waals surface area (Å²) in [5, 5.41) is 0. The quantitative estimate of drug-likeness (QED) is 0.327. The molecule has 1 amide bonds. The number of esters is 1. The van der Waals surface area contributed by atoms with Gasteiger partial charge in [0.15, 0.2) is 0 Å². The van der Waals surface area contributed by atoms with Crippen LogP contribution in [-0.2, 0) is 14.3 Å². The highest BCUT2D eigenvalue weighted by Crippen LogP contribution is 2.35. The predicted octanol–water partition coefficient (Wildman–Crippen LogP) is 4.39. The summed E-state index contributed by atoms with van der Waals surface area (Å²) in [6.07, 6.45) is 2.66. The number of ether oxygens (including phenoxy) is 2. The molecule has 1 aromatic rings. The van der Waals surface area contributed by atoms with Crippen molar-refractivity contribution < 1.29 is 19.1 Å². The molecule has 1 aliphatic heterocycles. The van der Waals surface area contributed by atoms with Gasteiger partial charge in [-0.05, 0) is 37.6 Å². The van der Waals surface area contributed by atoms with Gasteiger partial charge in [-0.25, -0.2) is 0 Å². The van der Waals surface area contributed by atoms with Gasteiger partial charge in [-0.1, -0.05) is 46.8 Å². The van der Waals surface area contributed by atoms with Gasteiger partial charge in [0.2, 0.25) is 0 Å². The van der Waals surface area contributed by atoms with Gasteiger partial charge in [0.1, 0.15) is 10.1 Å². The first-order valence-corrected chi connectivity index (χ1v) is 10.3. The molecule has 1 fully saturated rings. The summed E-state index contributed by atoms with van der Waals surface area (Å²) in [5.41, 5.74) is 0.795. The Balaban J connectivity index is 2.12. The molecular weight excluding hydrogens is 438 g/mol. The normalized spacial score (nSPS) is 15.7. The number of thioether (sulfide) groups is 1. The van der Waals surface area contributed by atoms with Crippen LogP contribution in [0, 0.1) is 0 Å². The van der Waals surface area contributed by atoms with E-state index < -0.39 is 0 Å². The molecule has 0 unspecified atom stereocenters. The van der Waals surface area contributed by atoms with Crippen LogP contribution >= 0.6 is 39.9 Å². The zero-order valence-electron chi connectivity index (χ0n) is 14.6. The van der Waals surface area contributed by atoms with Crippen molar-refractivity contribution >= 4 is 62.2 Å². The second-order valence-electron chi connectivity index (χ2n) is 5.42. The third-order valence-corrected chi connectivity index (χ3v) is 5.31. The molecule has 0 radical (unpaired) electrons. The van der Waals surface area contributed by atoms with Crippen LogP contribution in [-0.4, -0.2) is 40.9 Å². The van der Waals surface area contributed by atoms with Crippen molar-refractivity contribution in [2.75, 3.05) is 19.8 Å². The van der Waals surface area contributed by atoms with Crippen LogP contribution in [0.1, 0.15) is 32.3 Å². The van der Waals surface area contributed by atoms with E-state index in [-0.39, 0.29) is 24.8 Å². The monoisotopic (exact) mass is 457 g/mol. The van der Waals surface area contributed by atoms with Gasteiger partial charge in [-0.2, -0.15) is 0 Å². The van der Waals surface area contributed by atoms with Crippen molar-refractivity contribution in [3.8, 4) is 5.75 Å². The van der Waals surface area contributed by atoms with E-state index in [9.17, 15) is 9.59 Å². The van der Waals surface area contributed by atoms with E-state index in [2.05, 4.69) is 15.9 Å².